The van der Waals surface area contributed by atoms with Crippen molar-refractivity contribution < 1.29 is 26.3 Å². The second kappa shape index (κ2) is 8.62. The Bertz CT molecular complexity index is 913. The van der Waals surface area contributed by atoms with E-state index in [1.165, 1.54) is 5.56 Å². The lowest BCUT2D eigenvalue weighted by atomic mass is 9.98. The van der Waals surface area contributed by atoms with Gasteiger partial charge in [0.15, 0.2) is 0 Å². The van der Waals surface area contributed by atoms with Crippen LogP contribution < -0.4 is 9.46 Å². The van der Waals surface area contributed by atoms with E-state index >= 15 is 0 Å². The Morgan fingerprint density at radius 3 is 2.34 bits per heavy atom. The molecule has 1 saturated heterocycles. The molecule has 1 atom stereocenters. The molecule has 1 fully saturated rings. The normalized spacial score (nSPS) is 18.0. The molecule has 1 aliphatic rings. The van der Waals surface area contributed by atoms with Crippen LogP contribution in [-0.2, 0) is 10.0 Å². The van der Waals surface area contributed by atoms with Crippen molar-refractivity contribution in [2.24, 2.45) is 0 Å². The first-order valence-electron chi connectivity index (χ1n) is 9.37. The number of likely N-dealkylation sites (tertiary alicyclic amines) is 1. The molecule has 2 aromatic carbocycles. The molecule has 9 heteroatoms. The third-order valence-corrected chi connectivity index (χ3v) is 6.21. The quantitative estimate of drug-likeness (QED) is 0.701. The van der Waals surface area contributed by atoms with Gasteiger partial charge >= 0.3 is 6.36 Å². The SMILES string of the molecule is CCCN1CC[C@@H](c2ccc(NS(=O)(=O)c3ccc(OC(F)(F)F)cc3)cc2)C1. The van der Waals surface area contributed by atoms with Crippen molar-refractivity contribution in [3.8, 4) is 5.75 Å². The van der Waals surface area contributed by atoms with E-state index in [1.807, 2.05) is 12.1 Å². The van der Waals surface area contributed by atoms with Crippen molar-refractivity contribution in [2.75, 3.05) is 24.4 Å². The molecule has 5 nitrogen and oxygen atoms in total. The minimum Gasteiger partial charge on any atom is -0.406 e. The molecule has 2 aromatic rings. The number of rotatable bonds is 7. The van der Waals surface area contributed by atoms with Gasteiger partial charge in [-0.1, -0.05) is 19.1 Å². The molecular formula is C20H23F3N2O3S. The lowest BCUT2D eigenvalue weighted by Crippen LogP contribution is -2.20. The number of sulfonamides is 1. The second-order valence-electron chi connectivity index (χ2n) is 7.03. The lowest BCUT2D eigenvalue weighted by molar-refractivity contribution is -0.274. The number of halogens is 3. The maximum Gasteiger partial charge on any atom is 0.573 e. The van der Waals surface area contributed by atoms with E-state index in [9.17, 15) is 21.6 Å². The molecular weight excluding hydrogens is 405 g/mol. The molecule has 29 heavy (non-hydrogen) atoms. The molecule has 0 radical (unpaired) electrons. The van der Waals surface area contributed by atoms with Crippen LogP contribution >= 0.6 is 0 Å². The zero-order chi connectivity index (χ0) is 21.1. The molecule has 158 valence electrons. The molecule has 0 spiro atoms. The average molecular weight is 428 g/mol. The Morgan fingerprint density at radius 1 is 1.10 bits per heavy atom. The number of hydrogen-bond acceptors (Lipinski definition) is 4. The summed E-state index contributed by atoms with van der Waals surface area (Å²) in [4.78, 5) is 2.27. The van der Waals surface area contributed by atoms with Crippen LogP contribution in [-0.4, -0.2) is 39.3 Å². The fourth-order valence-corrected chi connectivity index (χ4v) is 4.54. The van der Waals surface area contributed by atoms with Gasteiger partial charge in [0, 0.05) is 12.2 Å². The molecule has 0 unspecified atom stereocenters. The maximum atomic E-state index is 12.5. The van der Waals surface area contributed by atoms with Gasteiger partial charge in [0.1, 0.15) is 5.75 Å². The number of nitrogens with zero attached hydrogens (tertiary/aromatic N) is 1. The summed E-state index contributed by atoms with van der Waals surface area (Å²) < 4.78 is 67.8. The van der Waals surface area contributed by atoms with Gasteiger partial charge in [0.05, 0.1) is 4.90 Å². The van der Waals surface area contributed by atoms with Gasteiger partial charge in [-0.15, -0.1) is 13.2 Å². The van der Waals surface area contributed by atoms with Crippen molar-refractivity contribution in [1.82, 2.24) is 4.90 Å². The van der Waals surface area contributed by atoms with Crippen LogP contribution in [0.2, 0.25) is 0 Å². The molecule has 0 aromatic heterocycles. The second-order valence-corrected chi connectivity index (χ2v) is 8.72. The highest BCUT2D eigenvalue weighted by Crippen LogP contribution is 2.29. The number of ether oxygens (including phenoxy) is 1. The van der Waals surface area contributed by atoms with Crippen LogP contribution in [0.4, 0.5) is 18.9 Å². The van der Waals surface area contributed by atoms with Crippen molar-refractivity contribution >= 4 is 15.7 Å². The Morgan fingerprint density at radius 2 is 1.76 bits per heavy atom. The zero-order valence-electron chi connectivity index (χ0n) is 15.9. The number of alkyl halides is 3. The zero-order valence-corrected chi connectivity index (χ0v) is 16.8. The first kappa shape index (κ1) is 21.4. The molecule has 1 heterocycles. The fourth-order valence-electron chi connectivity index (χ4n) is 3.48. The minimum absolute atomic E-state index is 0.151. The third-order valence-electron chi connectivity index (χ3n) is 4.81. The molecule has 0 saturated carbocycles. The Kier molecular flexibility index (Phi) is 6.38. The van der Waals surface area contributed by atoms with Crippen molar-refractivity contribution in [2.45, 2.75) is 36.9 Å². The molecule has 1 N–H and O–H groups in total. The number of benzene rings is 2. The lowest BCUT2D eigenvalue weighted by Gasteiger charge is -2.15. The largest absolute Gasteiger partial charge is 0.573 e. The summed E-state index contributed by atoms with van der Waals surface area (Å²) >= 11 is 0. The van der Waals surface area contributed by atoms with E-state index in [0.29, 0.717) is 11.6 Å². The summed E-state index contributed by atoms with van der Waals surface area (Å²) in [6.45, 7) is 5.32. The predicted molar refractivity (Wildman–Crippen MR) is 104 cm³/mol. The van der Waals surface area contributed by atoms with Gasteiger partial charge in [-0.2, -0.15) is 0 Å². The van der Waals surface area contributed by atoms with E-state index in [4.69, 9.17) is 0 Å². The topological polar surface area (TPSA) is 58.6 Å². The highest BCUT2D eigenvalue weighted by Gasteiger charge is 2.31. The van der Waals surface area contributed by atoms with Gasteiger partial charge in [-0.25, -0.2) is 8.42 Å². The Balaban J connectivity index is 1.64. The molecule has 0 bridgehead atoms. The summed E-state index contributed by atoms with van der Waals surface area (Å²) in [7, 11) is -3.92. The van der Waals surface area contributed by atoms with Crippen LogP contribution in [0.1, 0.15) is 31.2 Å². The molecule has 0 amide bonds. The summed E-state index contributed by atoms with van der Waals surface area (Å²) in [6.07, 6.45) is -2.62. The van der Waals surface area contributed by atoms with Crippen molar-refractivity contribution in [3.63, 3.8) is 0 Å². The first-order chi connectivity index (χ1) is 13.7. The summed E-state index contributed by atoms with van der Waals surface area (Å²) in [5, 5.41) is 0. The van der Waals surface area contributed by atoms with E-state index < -0.39 is 22.1 Å². The summed E-state index contributed by atoms with van der Waals surface area (Å²) in [5.41, 5.74) is 1.56. The summed E-state index contributed by atoms with van der Waals surface area (Å²) in [6, 6.07) is 11.3. The Labute approximate surface area is 168 Å². The van der Waals surface area contributed by atoms with Crippen molar-refractivity contribution in [1.29, 1.82) is 0 Å². The fraction of sp³-hybridized carbons (Fsp3) is 0.400. The highest BCUT2D eigenvalue weighted by atomic mass is 32.2. The molecule has 3 rings (SSSR count). The number of nitrogens with one attached hydrogen (secondary N) is 1. The number of anilines is 1. The Hall–Kier alpha value is -2.26. The first-order valence-corrected chi connectivity index (χ1v) is 10.9. The monoisotopic (exact) mass is 428 g/mol. The van der Waals surface area contributed by atoms with Gasteiger partial charge in [-0.05, 0) is 73.8 Å². The third kappa shape index (κ3) is 5.86. The van der Waals surface area contributed by atoms with E-state index in [-0.39, 0.29) is 4.90 Å². The standard InChI is InChI=1S/C20H23F3N2O3S/c1-2-12-25-13-11-16(14-25)15-3-5-17(6-4-15)24-29(26,27)19-9-7-18(8-10-19)28-20(21,22)23/h3-10,16,24H,2,11-14H2,1H3/t16-/m1/s1. The van der Waals surface area contributed by atoms with Gasteiger partial charge < -0.3 is 9.64 Å². The van der Waals surface area contributed by atoms with E-state index in [0.717, 1.165) is 56.7 Å². The summed E-state index contributed by atoms with van der Waals surface area (Å²) in [5.74, 6) is -0.0390. The molecule has 1 aliphatic heterocycles. The number of hydrogen-bond donors (Lipinski definition) is 1. The van der Waals surface area contributed by atoms with Crippen LogP contribution in [0, 0.1) is 0 Å². The van der Waals surface area contributed by atoms with Gasteiger partial charge in [0.2, 0.25) is 0 Å². The maximum absolute atomic E-state index is 12.5. The van der Waals surface area contributed by atoms with Crippen LogP contribution in [0.15, 0.2) is 53.4 Å². The minimum atomic E-state index is -4.83. The van der Waals surface area contributed by atoms with Crippen LogP contribution in [0.3, 0.4) is 0 Å². The van der Waals surface area contributed by atoms with E-state index in [1.54, 1.807) is 12.1 Å². The molecule has 0 aliphatic carbocycles. The van der Waals surface area contributed by atoms with Gasteiger partial charge in [-0.3, -0.25) is 4.72 Å². The van der Waals surface area contributed by atoms with Crippen LogP contribution in [0.5, 0.6) is 5.75 Å². The predicted octanol–water partition coefficient (Wildman–Crippen LogP) is 4.59. The van der Waals surface area contributed by atoms with Crippen LogP contribution in [0.25, 0.3) is 0 Å². The average Bonchev–Trinajstić information content (AvgIpc) is 3.10. The van der Waals surface area contributed by atoms with Crippen molar-refractivity contribution in [3.05, 3.63) is 54.1 Å². The smallest absolute Gasteiger partial charge is 0.406 e. The van der Waals surface area contributed by atoms with E-state index in [2.05, 4.69) is 21.3 Å². The van der Waals surface area contributed by atoms with Gasteiger partial charge in [0.25, 0.3) is 10.0 Å². The highest BCUT2D eigenvalue weighted by molar-refractivity contribution is 7.92.